The van der Waals surface area contributed by atoms with Crippen LogP contribution in [0.25, 0.3) is 0 Å². The minimum Gasteiger partial charge on any atom is -0.0675 e. The third kappa shape index (κ3) is 2.69. The van der Waals surface area contributed by atoms with Crippen LogP contribution in [0.15, 0.2) is 9.66 Å². The summed E-state index contributed by atoms with van der Waals surface area (Å²) in [6, 6.07) is 0. The summed E-state index contributed by atoms with van der Waals surface area (Å²) in [5.74, 6) is 0. The molecule has 6 heavy (non-hydrogen) atoms. The largest absolute Gasteiger partial charge is 0.0675 e. The Kier molecular flexibility index (Phi) is 3.94. The molecular weight excluding hydrogens is 187 g/mol. The van der Waals surface area contributed by atoms with E-state index >= 15 is 0 Å². The van der Waals surface area contributed by atoms with Gasteiger partial charge in [-0.3, -0.25) is 0 Å². The maximum absolute atomic E-state index is 2.25. The minimum absolute atomic E-state index is 1.18. The van der Waals surface area contributed by atoms with E-state index in [1.165, 1.54) is 12.0 Å². The van der Waals surface area contributed by atoms with E-state index in [0.29, 0.717) is 0 Å². The predicted molar refractivity (Wildman–Crippen MR) is 38.1 cm³/mol. The molecule has 0 radical (unpaired) electrons. The van der Waals surface area contributed by atoms with Crippen LogP contribution >= 0.6 is 22.6 Å². The molecule has 0 aromatic rings. The fourth-order valence-electron chi connectivity index (χ4n) is 0.0772. The van der Waals surface area contributed by atoms with Gasteiger partial charge in [0.05, 0.1) is 0 Å². The van der Waals surface area contributed by atoms with Gasteiger partial charge in [-0.2, -0.15) is 0 Å². The van der Waals surface area contributed by atoms with E-state index < -0.39 is 0 Å². The summed E-state index contributed by atoms with van der Waals surface area (Å²) < 4.78 is 2.11. The third-order valence-corrected chi connectivity index (χ3v) is 1.81. The zero-order valence-corrected chi connectivity index (χ0v) is 6.32. The molecule has 0 fully saturated rings. The topological polar surface area (TPSA) is 0 Å². The predicted octanol–water partition coefficient (Wildman–Crippen LogP) is 2.74. The molecule has 0 rings (SSSR count). The molecule has 0 aliphatic carbocycles. The lowest BCUT2D eigenvalue weighted by molar-refractivity contribution is 1.11. The molecule has 0 aromatic heterocycles. The molecule has 0 spiro atoms. The summed E-state index contributed by atoms with van der Waals surface area (Å²) in [5, 5.41) is 0. The van der Waals surface area contributed by atoms with Crippen LogP contribution in [0.1, 0.15) is 20.3 Å². The van der Waals surface area contributed by atoms with Gasteiger partial charge >= 0.3 is 0 Å². The van der Waals surface area contributed by atoms with Gasteiger partial charge in [0.15, 0.2) is 0 Å². The number of hydrogen-bond donors (Lipinski definition) is 0. The van der Waals surface area contributed by atoms with E-state index in [4.69, 9.17) is 0 Å². The van der Waals surface area contributed by atoms with E-state index in [9.17, 15) is 0 Å². The molecule has 0 heterocycles. The molecule has 0 saturated carbocycles. The molecule has 0 atom stereocenters. The van der Waals surface area contributed by atoms with Crippen molar-refractivity contribution < 1.29 is 0 Å². The van der Waals surface area contributed by atoms with Gasteiger partial charge in [-0.05, 0) is 17.4 Å². The maximum Gasteiger partial charge on any atom is -0.0245 e. The highest BCUT2D eigenvalue weighted by molar-refractivity contribution is 14.1. The molecule has 0 unspecified atom stereocenters. The van der Waals surface area contributed by atoms with Crippen LogP contribution in [0.3, 0.4) is 0 Å². The molecule has 0 saturated heterocycles. The molecule has 0 aromatic carbocycles. The van der Waals surface area contributed by atoms with E-state index in [2.05, 4.69) is 40.5 Å². The van der Waals surface area contributed by atoms with Crippen LogP contribution in [0.2, 0.25) is 0 Å². The fourth-order valence-corrected chi connectivity index (χ4v) is 0.518. The summed E-state index contributed by atoms with van der Waals surface area (Å²) in [4.78, 5) is 0. The van der Waals surface area contributed by atoms with Crippen molar-refractivity contribution in [1.29, 1.82) is 0 Å². The average Bonchev–Trinajstić information content (AvgIpc) is 1.65. The van der Waals surface area contributed by atoms with Crippen molar-refractivity contribution in [2.45, 2.75) is 20.3 Å². The molecule has 0 nitrogen and oxygen atoms in total. The van der Waals surface area contributed by atoms with Crippen molar-refractivity contribution in [1.82, 2.24) is 0 Å². The fraction of sp³-hybridized carbons (Fsp3) is 0.600. The van der Waals surface area contributed by atoms with Crippen LogP contribution in [-0.2, 0) is 0 Å². The molecule has 1 heteroatoms. The van der Waals surface area contributed by atoms with Crippen molar-refractivity contribution >= 4 is 22.6 Å². The first kappa shape index (κ1) is 6.47. The third-order valence-electron chi connectivity index (χ3n) is 0.744. The molecule has 0 amide bonds. The van der Waals surface area contributed by atoms with Gasteiger partial charge in [-0.1, -0.05) is 35.1 Å². The first-order chi connectivity index (χ1) is 2.81. The van der Waals surface area contributed by atoms with Gasteiger partial charge in [-0.15, -0.1) is 0 Å². The second-order valence-corrected chi connectivity index (χ2v) is 1.93. The quantitative estimate of drug-likeness (QED) is 0.565. The first-order valence-corrected chi connectivity index (χ1v) is 3.31. The molecule has 0 aliphatic heterocycles. The lowest BCUT2D eigenvalue weighted by atomic mass is 10.3. The smallest absolute Gasteiger partial charge is 0.0245 e. The Balaban J connectivity index is 3.22. The molecule has 36 valence electrons. The summed E-state index contributed by atoms with van der Waals surface area (Å²) in [5.41, 5.74) is 1.45. The molecule has 0 aliphatic rings. The Morgan fingerprint density at radius 1 is 1.83 bits per heavy atom. The highest BCUT2D eigenvalue weighted by Gasteiger charge is 1.74. The maximum atomic E-state index is 2.25. The van der Waals surface area contributed by atoms with Crippen LogP contribution in [0.4, 0.5) is 0 Å². The second-order valence-electron chi connectivity index (χ2n) is 1.31. The van der Waals surface area contributed by atoms with Crippen LogP contribution in [-0.4, -0.2) is 0 Å². The summed E-state index contributed by atoms with van der Waals surface area (Å²) in [7, 11) is 0. The standard InChI is InChI=1S/C5H9I/c1-3-5(2)4-6/h4H,3H2,1-2H3/b5-4+. The summed E-state index contributed by atoms with van der Waals surface area (Å²) in [6.45, 7) is 4.29. The SMILES string of the molecule is CC/C(C)=C/I. The van der Waals surface area contributed by atoms with Gasteiger partial charge in [0, 0.05) is 0 Å². The van der Waals surface area contributed by atoms with Gasteiger partial charge < -0.3 is 0 Å². The lowest BCUT2D eigenvalue weighted by Crippen LogP contribution is -1.62. The van der Waals surface area contributed by atoms with E-state index in [1.807, 2.05) is 0 Å². The average molecular weight is 196 g/mol. The monoisotopic (exact) mass is 196 g/mol. The minimum atomic E-state index is 1.18. The Labute approximate surface area is 52.8 Å². The van der Waals surface area contributed by atoms with Gasteiger partial charge in [-0.25, -0.2) is 0 Å². The van der Waals surface area contributed by atoms with Gasteiger partial charge in [0.1, 0.15) is 0 Å². The zero-order valence-electron chi connectivity index (χ0n) is 4.16. The van der Waals surface area contributed by atoms with Gasteiger partial charge in [0.2, 0.25) is 0 Å². The van der Waals surface area contributed by atoms with Crippen molar-refractivity contribution in [3.8, 4) is 0 Å². The second kappa shape index (κ2) is 3.65. The van der Waals surface area contributed by atoms with Crippen molar-refractivity contribution in [3.05, 3.63) is 9.66 Å². The van der Waals surface area contributed by atoms with Crippen molar-refractivity contribution in [3.63, 3.8) is 0 Å². The van der Waals surface area contributed by atoms with Crippen LogP contribution in [0.5, 0.6) is 0 Å². The molecule has 0 N–H and O–H groups in total. The zero-order chi connectivity index (χ0) is 4.99. The number of allylic oxidation sites excluding steroid dienone is 1. The lowest BCUT2D eigenvalue weighted by Gasteiger charge is -1.83. The number of rotatable bonds is 1. The normalized spacial score (nSPS) is 12.2. The first-order valence-electron chi connectivity index (χ1n) is 2.07. The van der Waals surface area contributed by atoms with Crippen molar-refractivity contribution in [2.24, 2.45) is 0 Å². The highest BCUT2D eigenvalue weighted by atomic mass is 127. The molecular formula is C5H9I. The molecule has 0 bridgehead atoms. The number of halogens is 1. The van der Waals surface area contributed by atoms with Crippen molar-refractivity contribution in [2.75, 3.05) is 0 Å². The van der Waals surface area contributed by atoms with E-state index in [-0.39, 0.29) is 0 Å². The Morgan fingerprint density at radius 2 is 2.33 bits per heavy atom. The Morgan fingerprint density at radius 3 is 2.33 bits per heavy atom. The van der Waals surface area contributed by atoms with E-state index in [1.54, 1.807) is 0 Å². The van der Waals surface area contributed by atoms with E-state index in [0.717, 1.165) is 0 Å². The highest BCUT2D eigenvalue weighted by Crippen LogP contribution is 2.00. The summed E-state index contributed by atoms with van der Waals surface area (Å²) in [6.07, 6.45) is 1.18. The number of hydrogen-bond acceptors (Lipinski definition) is 0. The Bertz CT molecular complexity index is 55.0. The van der Waals surface area contributed by atoms with Gasteiger partial charge in [0.25, 0.3) is 0 Å². The summed E-state index contributed by atoms with van der Waals surface area (Å²) >= 11 is 2.25. The Hall–Kier alpha value is 0.470. The van der Waals surface area contributed by atoms with Crippen LogP contribution < -0.4 is 0 Å². The van der Waals surface area contributed by atoms with Crippen LogP contribution in [0, 0.1) is 0 Å².